The van der Waals surface area contributed by atoms with Gasteiger partial charge in [-0.2, -0.15) is 19.6 Å². The minimum absolute atomic E-state index is 0.0972. The van der Waals surface area contributed by atoms with Crippen LogP contribution < -0.4 is 21.8 Å². The van der Waals surface area contributed by atoms with Crippen LogP contribution in [0.5, 0.6) is 0 Å². The van der Waals surface area contributed by atoms with Crippen molar-refractivity contribution < 1.29 is 14.7 Å². The first-order valence-electron chi connectivity index (χ1n) is 18.6. The third-order valence-electron chi connectivity index (χ3n) is 10.1. The molecule has 56 heavy (non-hydrogen) atoms. The van der Waals surface area contributed by atoms with Crippen LogP contribution >= 0.6 is 22.7 Å². The third kappa shape index (κ3) is 7.61. The first-order chi connectivity index (χ1) is 27.4. The minimum Gasteiger partial charge on any atom is -0.478 e. The van der Waals surface area contributed by atoms with Crippen LogP contribution in [0.15, 0.2) is 117 Å². The number of nitrogens with one attached hydrogen (secondary N) is 2. The molecular formula is C43H38N6O5S2. The number of fused-ring (bicyclic) bond motifs is 6. The largest absolute Gasteiger partial charge is 0.478 e. The molecule has 1 aliphatic carbocycles. The monoisotopic (exact) mass is 782 g/mol. The number of benzene rings is 4. The zero-order valence-corrected chi connectivity index (χ0v) is 31.9. The van der Waals surface area contributed by atoms with Crippen molar-refractivity contribution in [1.29, 1.82) is 0 Å². The highest BCUT2D eigenvalue weighted by atomic mass is 32.1. The van der Waals surface area contributed by atoms with Gasteiger partial charge in [-0.25, -0.2) is 4.79 Å². The molecule has 9 rings (SSSR count). The highest BCUT2D eigenvalue weighted by Crippen LogP contribution is 2.32. The van der Waals surface area contributed by atoms with Gasteiger partial charge in [0.25, 0.3) is 17.0 Å². The second kappa shape index (κ2) is 16.4. The summed E-state index contributed by atoms with van der Waals surface area (Å²) in [6.07, 6.45) is 7.46. The molecule has 1 amide bonds. The molecule has 0 saturated heterocycles. The Hall–Kier alpha value is -6.02. The summed E-state index contributed by atoms with van der Waals surface area (Å²) in [5.41, 5.74) is 4.15. The molecule has 5 aliphatic rings. The van der Waals surface area contributed by atoms with Crippen LogP contribution in [0.1, 0.15) is 59.2 Å². The van der Waals surface area contributed by atoms with E-state index in [-0.39, 0.29) is 22.6 Å². The topological polar surface area (TPSA) is 148 Å². The Morgan fingerprint density at radius 2 is 1.16 bits per heavy atom. The highest BCUT2D eigenvalue weighted by Gasteiger charge is 2.21. The van der Waals surface area contributed by atoms with Crippen LogP contribution in [-0.4, -0.2) is 55.7 Å². The lowest BCUT2D eigenvalue weighted by atomic mass is 9.95. The lowest BCUT2D eigenvalue weighted by molar-refractivity contribution is 0.0696. The summed E-state index contributed by atoms with van der Waals surface area (Å²) >= 11 is 3.05. The van der Waals surface area contributed by atoms with E-state index in [4.69, 9.17) is 5.11 Å². The van der Waals surface area contributed by atoms with Gasteiger partial charge < -0.3 is 15.7 Å². The van der Waals surface area contributed by atoms with E-state index in [0.29, 0.717) is 52.0 Å². The van der Waals surface area contributed by atoms with Crippen molar-refractivity contribution in [2.45, 2.75) is 44.6 Å². The lowest BCUT2D eigenvalue weighted by Crippen LogP contribution is -2.34. The maximum Gasteiger partial charge on any atom is 0.335 e. The van der Waals surface area contributed by atoms with Crippen molar-refractivity contribution in [3.63, 3.8) is 0 Å². The molecule has 4 aliphatic heterocycles. The molecule has 11 nitrogen and oxygen atoms in total. The SMILES string of the molecule is O=C(NCCCNC1CCCCC1)c1ccc(-n2nc3c4ccccc4scc-3c2=O)cc1.O=C(O)c1ccc(-n2nc3c4ccccc4scc-3c2=O)cc1. The molecule has 4 heterocycles. The summed E-state index contributed by atoms with van der Waals surface area (Å²) in [6.45, 7) is 1.57. The lowest BCUT2D eigenvalue weighted by Gasteiger charge is -2.22. The Labute approximate surface area is 329 Å². The molecular weight excluding hydrogens is 745 g/mol. The fourth-order valence-electron chi connectivity index (χ4n) is 7.07. The number of carboxylic acids is 1. The Morgan fingerprint density at radius 1 is 0.661 bits per heavy atom. The second-order valence-corrected chi connectivity index (χ2v) is 15.5. The molecule has 1 fully saturated rings. The summed E-state index contributed by atoms with van der Waals surface area (Å²) < 4.78 is 4.89. The van der Waals surface area contributed by atoms with Gasteiger partial charge in [0.05, 0.1) is 28.1 Å². The molecule has 3 N–H and O–H groups in total. The van der Waals surface area contributed by atoms with Crippen molar-refractivity contribution in [2.24, 2.45) is 0 Å². The van der Waals surface area contributed by atoms with Crippen molar-refractivity contribution in [3.8, 4) is 33.9 Å². The van der Waals surface area contributed by atoms with E-state index in [1.807, 2.05) is 59.3 Å². The van der Waals surface area contributed by atoms with Gasteiger partial charge >= 0.3 is 5.97 Å². The van der Waals surface area contributed by atoms with Crippen LogP contribution in [0, 0.1) is 0 Å². The number of aromatic carboxylic acids is 1. The van der Waals surface area contributed by atoms with Gasteiger partial charge in [-0.1, -0.05) is 55.7 Å². The highest BCUT2D eigenvalue weighted by molar-refractivity contribution is 7.17. The van der Waals surface area contributed by atoms with Crippen molar-refractivity contribution in [2.75, 3.05) is 13.1 Å². The summed E-state index contributed by atoms with van der Waals surface area (Å²) in [7, 11) is 0. The number of carbonyl (C=O) groups is 2. The summed E-state index contributed by atoms with van der Waals surface area (Å²) in [4.78, 5) is 48.9. The van der Waals surface area contributed by atoms with Gasteiger partial charge in [-0.3, -0.25) is 14.4 Å². The number of carbonyl (C=O) groups excluding carboxylic acids is 1. The van der Waals surface area contributed by atoms with Gasteiger partial charge in [-0.05, 0) is 86.5 Å². The number of nitrogens with zero attached hydrogens (tertiary/aromatic N) is 4. The maximum atomic E-state index is 12.9. The quantitative estimate of drug-likeness (QED) is 0.126. The predicted octanol–water partition coefficient (Wildman–Crippen LogP) is 7.84. The molecule has 0 aromatic heterocycles. The van der Waals surface area contributed by atoms with Gasteiger partial charge in [0, 0.05) is 49.1 Å². The van der Waals surface area contributed by atoms with Gasteiger partial charge in [0.1, 0.15) is 11.4 Å². The van der Waals surface area contributed by atoms with E-state index >= 15 is 0 Å². The van der Waals surface area contributed by atoms with E-state index in [1.165, 1.54) is 64.9 Å². The Bertz CT molecular complexity index is 2710. The number of amides is 1. The van der Waals surface area contributed by atoms with Gasteiger partial charge in [0.2, 0.25) is 0 Å². The standard InChI is InChI=1S/C26H28N4O2S.C17H10N2O3S/c31-25(28-16-6-15-27-19-7-2-1-3-8-19)18-11-13-20(14-12-18)30-26(32)22-17-33-23-10-5-4-9-21(23)24(22)29-30;20-16-13-9-23-14-4-2-1-3-12(14)15(13)18-19(16)11-7-5-10(6-8-11)17(21)22/h4-5,9-14,17,19,27H,1-3,6-8,15-16H2,(H,28,31);1-9H,(H,21,22). The Balaban J connectivity index is 0.000000168. The number of rotatable bonds is 9. The Kier molecular flexibility index (Phi) is 10.8. The molecule has 0 spiro atoms. The predicted molar refractivity (Wildman–Crippen MR) is 222 cm³/mol. The van der Waals surface area contributed by atoms with Gasteiger partial charge in [0.15, 0.2) is 0 Å². The van der Waals surface area contributed by atoms with Crippen LogP contribution in [0.4, 0.5) is 0 Å². The second-order valence-electron chi connectivity index (χ2n) is 13.7. The molecule has 13 heteroatoms. The molecule has 0 bridgehead atoms. The van der Waals surface area contributed by atoms with Crippen molar-refractivity contribution in [3.05, 3.63) is 140 Å². The van der Waals surface area contributed by atoms with Crippen LogP contribution in [0.2, 0.25) is 0 Å². The number of aromatic nitrogens is 4. The van der Waals surface area contributed by atoms with E-state index in [9.17, 15) is 19.2 Å². The molecule has 1 saturated carbocycles. The normalized spacial score (nSPS) is 13.2. The summed E-state index contributed by atoms with van der Waals surface area (Å²) in [6, 6.07) is 29.5. The van der Waals surface area contributed by atoms with Gasteiger partial charge in [-0.15, -0.1) is 22.7 Å². The molecule has 0 unspecified atom stereocenters. The number of carboxylic acid groups (broad SMARTS) is 1. The molecule has 0 atom stereocenters. The van der Waals surface area contributed by atoms with E-state index in [0.717, 1.165) is 33.1 Å². The number of hydrogen-bond donors (Lipinski definition) is 3. The van der Waals surface area contributed by atoms with Crippen molar-refractivity contribution in [1.82, 2.24) is 30.2 Å². The minimum atomic E-state index is -1.00. The molecule has 4 aromatic carbocycles. The Morgan fingerprint density at radius 3 is 1.68 bits per heavy atom. The first kappa shape index (κ1) is 36.9. The smallest absolute Gasteiger partial charge is 0.335 e. The first-order valence-corrected chi connectivity index (χ1v) is 20.4. The van der Waals surface area contributed by atoms with Crippen LogP contribution in [0.25, 0.3) is 54.1 Å². The average molecular weight is 783 g/mol. The fraction of sp³-hybridized carbons (Fsp3) is 0.209. The van der Waals surface area contributed by atoms with Crippen LogP contribution in [0.3, 0.4) is 0 Å². The number of hydrogen-bond acceptors (Lipinski definition) is 9. The third-order valence-corrected chi connectivity index (χ3v) is 12.0. The fourth-order valence-corrected chi connectivity index (χ4v) is 8.88. The molecule has 4 aromatic rings. The van der Waals surface area contributed by atoms with E-state index in [1.54, 1.807) is 47.7 Å². The molecule has 0 radical (unpaired) electrons. The van der Waals surface area contributed by atoms with E-state index < -0.39 is 5.97 Å². The molecule has 282 valence electrons. The van der Waals surface area contributed by atoms with Crippen LogP contribution in [-0.2, 0) is 0 Å². The zero-order chi connectivity index (χ0) is 38.6. The summed E-state index contributed by atoms with van der Waals surface area (Å²) in [5.74, 6) is -1.10. The maximum absolute atomic E-state index is 12.9. The average Bonchev–Trinajstić information content (AvgIpc) is 3.77. The van der Waals surface area contributed by atoms with E-state index in [2.05, 4.69) is 20.8 Å². The zero-order valence-electron chi connectivity index (χ0n) is 30.3. The van der Waals surface area contributed by atoms with Crippen molar-refractivity contribution >= 4 is 54.7 Å². The summed E-state index contributed by atoms with van der Waals surface area (Å²) in [5, 5.41) is 30.2.